The molecule has 0 spiro atoms. The summed E-state index contributed by atoms with van der Waals surface area (Å²) < 4.78 is 15.5. The fraction of sp³-hybridized carbons (Fsp3) is 0.792. The number of halogens is 1. The molecular formula is C24H33FN2O3. The molecule has 0 aromatic carbocycles. The van der Waals surface area contributed by atoms with Crippen LogP contribution in [0.5, 0.6) is 0 Å². The highest BCUT2D eigenvalue weighted by Crippen LogP contribution is 2.65. The molecule has 0 amide bonds. The van der Waals surface area contributed by atoms with Crippen LogP contribution in [0.1, 0.15) is 58.8 Å². The maximum Gasteiger partial charge on any atom is 0.171 e. The second-order valence-corrected chi connectivity index (χ2v) is 10.8. The van der Waals surface area contributed by atoms with Crippen LogP contribution in [0.25, 0.3) is 0 Å². The van der Waals surface area contributed by atoms with Crippen LogP contribution in [0.2, 0.25) is 0 Å². The predicted molar refractivity (Wildman–Crippen MR) is 112 cm³/mol. The summed E-state index contributed by atoms with van der Waals surface area (Å²) in [4.78, 5) is 31.7. The van der Waals surface area contributed by atoms with Crippen LogP contribution < -0.4 is 5.32 Å². The number of fused-ring (bicyclic) bond motifs is 5. The number of nitrogens with one attached hydrogen (secondary N) is 1. The number of ketones is 2. The maximum atomic E-state index is 15.5. The van der Waals surface area contributed by atoms with Crippen LogP contribution in [0.3, 0.4) is 0 Å². The molecule has 8 atom stereocenters. The van der Waals surface area contributed by atoms with Crippen LogP contribution >= 0.6 is 0 Å². The van der Waals surface area contributed by atoms with E-state index in [9.17, 15) is 9.59 Å². The molecule has 5 aliphatic rings. The zero-order valence-corrected chi connectivity index (χ0v) is 18.1. The Morgan fingerprint density at radius 2 is 2.00 bits per heavy atom. The number of carbonyl (C=O) groups is 2. The van der Waals surface area contributed by atoms with Gasteiger partial charge in [-0.1, -0.05) is 24.2 Å². The van der Waals surface area contributed by atoms with Crippen molar-refractivity contribution >= 4 is 17.3 Å². The summed E-state index contributed by atoms with van der Waals surface area (Å²) in [5.41, 5.74) is 0.722. The lowest BCUT2D eigenvalue weighted by molar-refractivity contribution is -0.165. The van der Waals surface area contributed by atoms with E-state index in [0.717, 1.165) is 56.5 Å². The number of carbonyl (C=O) groups excluding carboxylic acids is 2. The minimum atomic E-state index is -1.67. The van der Waals surface area contributed by atoms with Gasteiger partial charge in [0.1, 0.15) is 11.9 Å². The van der Waals surface area contributed by atoms with E-state index in [2.05, 4.69) is 24.0 Å². The molecule has 5 fully saturated rings. The number of nitrogens with zero attached hydrogens (tertiary/aromatic N) is 1. The summed E-state index contributed by atoms with van der Waals surface area (Å²) in [6.45, 7) is 10.1. The molecule has 0 aromatic heterocycles. The molecule has 1 heterocycles. The predicted octanol–water partition coefficient (Wildman–Crippen LogP) is 3.63. The fourth-order valence-corrected chi connectivity index (χ4v) is 7.56. The SMILES string of the molecule is C=C1CC2C(C(=O)C(F)[C@]3(C)C(=O)CCC23)[C@@]2(C)CCC(=NOC3CCNC3)CC12. The monoisotopic (exact) mass is 416 g/mol. The first-order valence-electron chi connectivity index (χ1n) is 11.6. The number of Topliss-reactive ketones (excluding diaryl/α,β-unsaturated/α-hetero) is 2. The third kappa shape index (κ3) is 2.71. The van der Waals surface area contributed by atoms with Crippen molar-refractivity contribution < 1.29 is 18.8 Å². The van der Waals surface area contributed by atoms with Crippen LogP contribution in [0.4, 0.5) is 4.39 Å². The van der Waals surface area contributed by atoms with Crippen molar-refractivity contribution in [2.45, 2.75) is 71.1 Å². The molecule has 5 nitrogen and oxygen atoms in total. The highest BCUT2D eigenvalue weighted by molar-refractivity contribution is 5.99. The van der Waals surface area contributed by atoms with Crippen LogP contribution in [-0.2, 0) is 14.4 Å². The van der Waals surface area contributed by atoms with E-state index in [4.69, 9.17) is 4.84 Å². The zero-order chi connectivity index (χ0) is 21.3. The summed E-state index contributed by atoms with van der Waals surface area (Å²) in [6, 6.07) is 0. The van der Waals surface area contributed by atoms with Gasteiger partial charge >= 0.3 is 0 Å². The van der Waals surface area contributed by atoms with E-state index in [0.29, 0.717) is 12.8 Å². The van der Waals surface area contributed by atoms with Crippen LogP contribution in [0.15, 0.2) is 17.3 Å². The van der Waals surface area contributed by atoms with E-state index >= 15 is 4.39 Å². The molecular weight excluding hydrogens is 383 g/mol. The second kappa shape index (κ2) is 6.98. The van der Waals surface area contributed by atoms with E-state index < -0.39 is 11.6 Å². The smallest absolute Gasteiger partial charge is 0.171 e. The molecule has 0 radical (unpaired) electrons. The van der Waals surface area contributed by atoms with Gasteiger partial charge in [-0.05, 0) is 68.7 Å². The van der Waals surface area contributed by atoms with Crippen LogP contribution in [-0.4, -0.2) is 42.6 Å². The summed E-state index contributed by atoms with van der Waals surface area (Å²) in [5.74, 6) is -0.619. The van der Waals surface area contributed by atoms with Crippen molar-refractivity contribution in [2.75, 3.05) is 13.1 Å². The number of allylic oxidation sites excluding steroid dienone is 1. The molecule has 1 aliphatic heterocycles. The van der Waals surface area contributed by atoms with E-state index in [-0.39, 0.29) is 46.8 Å². The minimum Gasteiger partial charge on any atom is -0.391 e. The van der Waals surface area contributed by atoms with Crippen molar-refractivity contribution in [2.24, 2.45) is 39.7 Å². The van der Waals surface area contributed by atoms with Crippen molar-refractivity contribution in [3.8, 4) is 0 Å². The Morgan fingerprint density at radius 1 is 1.20 bits per heavy atom. The second-order valence-electron chi connectivity index (χ2n) is 10.8. The zero-order valence-electron chi connectivity index (χ0n) is 18.1. The number of alkyl halides is 1. The third-order valence-electron chi connectivity index (χ3n) is 9.32. The third-order valence-corrected chi connectivity index (χ3v) is 9.32. The van der Waals surface area contributed by atoms with Gasteiger partial charge in [0.25, 0.3) is 0 Å². The average Bonchev–Trinajstić information content (AvgIpc) is 3.34. The number of oxime groups is 1. The normalized spacial score (nSPS) is 49.7. The van der Waals surface area contributed by atoms with Crippen molar-refractivity contribution in [3.05, 3.63) is 12.2 Å². The van der Waals surface area contributed by atoms with E-state index in [1.165, 1.54) is 0 Å². The number of rotatable bonds is 2. The number of hydrogen-bond acceptors (Lipinski definition) is 5. The van der Waals surface area contributed by atoms with Gasteiger partial charge < -0.3 is 10.2 Å². The Balaban J connectivity index is 1.42. The Bertz CT molecular complexity index is 819. The molecule has 4 aliphatic carbocycles. The van der Waals surface area contributed by atoms with Crippen molar-refractivity contribution in [3.63, 3.8) is 0 Å². The van der Waals surface area contributed by atoms with Gasteiger partial charge in [0.15, 0.2) is 12.0 Å². The molecule has 0 bridgehead atoms. The molecule has 5 rings (SSSR count). The highest BCUT2D eigenvalue weighted by Gasteiger charge is 2.68. The van der Waals surface area contributed by atoms with Gasteiger partial charge in [-0.25, -0.2) is 4.39 Å². The molecule has 4 saturated carbocycles. The van der Waals surface area contributed by atoms with Gasteiger partial charge in [-0.3, -0.25) is 9.59 Å². The molecule has 30 heavy (non-hydrogen) atoms. The first-order valence-corrected chi connectivity index (χ1v) is 11.6. The summed E-state index contributed by atoms with van der Waals surface area (Å²) in [5, 5.41) is 7.74. The topological polar surface area (TPSA) is 67.8 Å². The Morgan fingerprint density at radius 3 is 2.73 bits per heavy atom. The first kappa shape index (κ1) is 20.3. The molecule has 6 heteroatoms. The summed E-state index contributed by atoms with van der Waals surface area (Å²) in [7, 11) is 0. The lowest BCUT2D eigenvalue weighted by Crippen LogP contribution is -2.62. The Labute approximate surface area is 177 Å². The lowest BCUT2D eigenvalue weighted by atomic mass is 9.43. The van der Waals surface area contributed by atoms with Gasteiger partial charge in [-0.2, -0.15) is 0 Å². The van der Waals surface area contributed by atoms with Crippen LogP contribution in [0, 0.1) is 34.5 Å². The molecule has 1 saturated heterocycles. The largest absolute Gasteiger partial charge is 0.391 e. The Hall–Kier alpha value is -1.56. The average molecular weight is 417 g/mol. The summed E-state index contributed by atoms with van der Waals surface area (Å²) in [6.07, 6.45) is 3.56. The first-order chi connectivity index (χ1) is 14.3. The molecule has 0 aromatic rings. The maximum absolute atomic E-state index is 15.5. The number of hydrogen-bond donors (Lipinski definition) is 1. The summed E-state index contributed by atoms with van der Waals surface area (Å²) >= 11 is 0. The molecule has 1 N–H and O–H groups in total. The van der Waals surface area contributed by atoms with Gasteiger partial charge in [0.2, 0.25) is 0 Å². The molecule has 6 unspecified atom stereocenters. The molecule has 164 valence electrons. The van der Waals surface area contributed by atoms with Crippen molar-refractivity contribution in [1.29, 1.82) is 0 Å². The van der Waals surface area contributed by atoms with Gasteiger partial charge in [0.05, 0.1) is 11.1 Å². The van der Waals surface area contributed by atoms with E-state index in [1.54, 1.807) is 6.92 Å². The van der Waals surface area contributed by atoms with Gasteiger partial charge in [0, 0.05) is 25.3 Å². The highest BCUT2D eigenvalue weighted by atomic mass is 19.1. The lowest BCUT2D eigenvalue weighted by Gasteiger charge is -2.59. The minimum absolute atomic E-state index is 0.0361. The fourth-order valence-electron chi connectivity index (χ4n) is 7.56. The quantitative estimate of drug-likeness (QED) is 0.551. The Kier molecular flexibility index (Phi) is 4.73. The standard InChI is InChI=1S/C24H33FN2O3/c1-13-10-16-17-4-5-19(28)24(17,3)22(25)21(29)20(16)23(2)8-6-14(11-18(13)23)27-30-15-7-9-26-12-15/h15-18,20,22,26H,1,4-12H2,2-3H3/t15?,16?,17?,18?,20?,22?,23-,24-/m0/s1. The van der Waals surface area contributed by atoms with Crippen molar-refractivity contribution in [1.82, 2.24) is 5.32 Å². The van der Waals surface area contributed by atoms with Gasteiger partial charge in [-0.15, -0.1) is 0 Å². The van der Waals surface area contributed by atoms with E-state index in [1.807, 2.05) is 0 Å².